The Morgan fingerprint density at radius 2 is 2.32 bits per heavy atom. The molecule has 98 valence electrons. The summed E-state index contributed by atoms with van der Waals surface area (Å²) >= 11 is 0. The highest BCUT2D eigenvalue weighted by molar-refractivity contribution is 5.91. The number of carboxylic acid groups (broad SMARTS) is 1. The smallest absolute Gasteiger partial charge is 0.356 e. The van der Waals surface area contributed by atoms with Crippen LogP contribution in [0, 0.1) is 0 Å². The Morgan fingerprint density at radius 1 is 1.53 bits per heavy atom. The molecule has 0 saturated heterocycles. The number of carboxylic acids is 1. The number of aromatic carboxylic acids is 1. The van der Waals surface area contributed by atoms with Crippen molar-refractivity contribution in [2.24, 2.45) is 7.05 Å². The Morgan fingerprint density at radius 3 is 3.00 bits per heavy atom. The van der Waals surface area contributed by atoms with Crippen molar-refractivity contribution in [3.8, 4) is 17.0 Å². The van der Waals surface area contributed by atoms with Gasteiger partial charge in [0, 0.05) is 12.6 Å². The van der Waals surface area contributed by atoms with E-state index in [1.807, 2.05) is 18.2 Å². The van der Waals surface area contributed by atoms with E-state index in [-0.39, 0.29) is 12.3 Å². The van der Waals surface area contributed by atoms with Crippen LogP contribution < -0.4 is 4.74 Å². The molecule has 0 amide bonds. The highest BCUT2D eigenvalue weighted by Gasteiger charge is 2.28. The second-order valence-corrected chi connectivity index (χ2v) is 4.54. The number of para-hydroxylation sites is 1. The third-order valence-electron chi connectivity index (χ3n) is 3.44. The van der Waals surface area contributed by atoms with Gasteiger partial charge in [0.15, 0.2) is 5.69 Å². The maximum Gasteiger partial charge on any atom is 0.356 e. The van der Waals surface area contributed by atoms with Gasteiger partial charge in [0.1, 0.15) is 12.4 Å². The minimum absolute atomic E-state index is 0.0741. The first kappa shape index (κ1) is 11.8. The van der Waals surface area contributed by atoms with Crippen molar-refractivity contribution in [2.75, 3.05) is 0 Å². The minimum atomic E-state index is -1.02. The van der Waals surface area contributed by atoms with Crippen LogP contribution in [-0.4, -0.2) is 20.9 Å². The molecule has 3 rings (SSSR count). The zero-order chi connectivity index (χ0) is 13.6. The topological polar surface area (TPSA) is 64.3 Å². The predicted octanol–water partition coefficient (Wildman–Crippen LogP) is 2.24. The van der Waals surface area contributed by atoms with Crippen LogP contribution in [0.3, 0.4) is 0 Å². The number of aromatic nitrogens is 2. The SMILES string of the molecule is CCc1cccc2c1OCc1c(C(=O)O)nn(C)c1-2. The quantitative estimate of drug-likeness (QED) is 0.897. The van der Waals surface area contributed by atoms with Crippen LogP contribution in [0.25, 0.3) is 11.3 Å². The van der Waals surface area contributed by atoms with Crippen molar-refractivity contribution < 1.29 is 14.6 Å². The van der Waals surface area contributed by atoms with Crippen molar-refractivity contribution in [1.29, 1.82) is 0 Å². The van der Waals surface area contributed by atoms with Crippen LogP contribution in [0.5, 0.6) is 5.75 Å². The summed E-state index contributed by atoms with van der Waals surface area (Å²) in [7, 11) is 1.76. The summed E-state index contributed by atoms with van der Waals surface area (Å²) in [4.78, 5) is 11.2. The monoisotopic (exact) mass is 258 g/mol. The summed E-state index contributed by atoms with van der Waals surface area (Å²) < 4.78 is 7.38. The highest BCUT2D eigenvalue weighted by Crippen LogP contribution is 2.40. The van der Waals surface area contributed by atoms with Crippen LogP contribution in [-0.2, 0) is 20.1 Å². The molecule has 0 aliphatic carbocycles. The van der Waals surface area contributed by atoms with Gasteiger partial charge in [-0.2, -0.15) is 5.10 Å². The van der Waals surface area contributed by atoms with Crippen LogP contribution in [0.15, 0.2) is 18.2 Å². The van der Waals surface area contributed by atoms with Gasteiger partial charge in [-0.1, -0.05) is 19.1 Å². The molecule has 19 heavy (non-hydrogen) atoms. The Labute approximate surface area is 110 Å². The maximum absolute atomic E-state index is 11.2. The van der Waals surface area contributed by atoms with Gasteiger partial charge in [-0.15, -0.1) is 0 Å². The van der Waals surface area contributed by atoms with Crippen LogP contribution in [0.4, 0.5) is 0 Å². The lowest BCUT2D eigenvalue weighted by molar-refractivity contribution is 0.0686. The number of nitrogens with zero attached hydrogens (tertiary/aromatic N) is 2. The molecule has 1 aliphatic rings. The first-order valence-electron chi connectivity index (χ1n) is 6.17. The first-order valence-corrected chi connectivity index (χ1v) is 6.17. The predicted molar refractivity (Wildman–Crippen MR) is 69.3 cm³/mol. The molecule has 2 heterocycles. The van der Waals surface area contributed by atoms with Crippen LogP contribution in [0.1, 0.15) is 28.5 Å². The van der Waals surface area contributed by atoms with Crippen molar-refractivity contribution >= 4 is 5.97 Å². The molecule has 0 radical (unpaired) electrons. The summed E-state index contributed by atoms with van der Waals surface area (Å²) in [6.45, 7) is 2.33. The molecular formula is C14H14N2O3. The van der Waals surface area contributed by atoms with Crippen LogP contribution in [0.2, 0.25) is 0 Å². The molecule has 5 heteroatoms. The van der Waals surface area contributed by atoms with Gasteiger partial charge < -0.3 is 9.84 Å². The molecule has 0 spiro atoms. The zero-order valence-electron chi connectivity index (χ0n) is 10.8. The van der Waals surface area contributed by atoms with E-state index in [0.717, 1.165) is 29.0 Å². The average Bonchev–Trinajstić information content (AvgIpc) is 2.76. The number of aryl methyl sites for hydroxylation is 2. The Balaban J connectivity index is 2.28. The van der Waals surface area contributed by atoms with E-state index in [1.165, 1.54) is 0 Å². The zero-order valence-corrected chi connectivity index (χ0v) is 10.8. The molecular weight excluding hydrogens is 244 g/mol. The Hall–Kier alpha value is -2.30. The van der Waals surface area contributed by atoms with E-state index in [4.69, 9.17) is 4.74 Å². The fourth-order valence-corrected chi connectivity index (χ4v) is 2.58. The van der Waals surface area contributed by atoms with E-state index in [9.17, 15) is 9.90 Å². The largest absolute Gasteiger partial charge is 0.488 e. The number of carbonyl (C=O) groups is 1. The minimum Gasteiger partial charge on any atom is -0.488 e. The molecule has 1 N–H and O–H groups in total. The van der Waals surface area contributed by atoms with Gasteiger partial charge in [-0.25, -0.2) is 4.79 Å². The van der Waals surface area contributed by atoms with Gasteiger partial charge >= 0.3 is 5.97 Å². The maximum atomic E-state index is 11.2. The van der Waals surface area contributed by atoms with E-state index < -0.39 is 5.97 Å². The second-order valence-electron chi connectivity index (χ2n) is 4.54. The van der Waals surface area contributed by atoms with E-state index in [1.54, 1.807) is 11.7 Å². The summed E-state index contributed by atoms with van der Waals surface area (Å²) in [6, 6.07) is 5.93. The normalized spacial score (nSPS) is 12.5. The molecule has 0 atom stereocenters. The number of rotatable bonds is 2. The van der Waals surface area contributed by atoms with E-state index in [2.05, 4.69) is 12.0 Å². The molecule has 1 aromatic heterocycles. The van der Waals surface area contributed by atoms with Gasteiger partial charge in [0.25, 0.3) is 0 Å². The molecule has 0 unspecified atom stereocenters. The van der Waals surface area contributed by atoms with Gasteiger partial charge in [0.05, 0.1) is 11.3 Å². The molecule has 2 aromatic rings. The fraction of sp³-hybridized carbons (Fsp3) is 0.286. The summed E-state index contributed by atoms with van der Waals surface area (Å²) in [6.07, 6.45) is 0.877. The van der Waals surface area contributed by atoms with E-state index >= 15 is 0 Å². The molecule has 0 saturated carbocycles. The van der Waals surface area contributed by atoms with Crippen molar-refractivity contribution in [3.63, 3.8) is 0 Å². The third kappa shape index (κ3) is 1.62. The number of hydrogen-bond donors (Lipinski definition) is 1. The fourth-order valence-electron chi connectivity index (χ4n) is 2.58. The molecule has 0 fully saturated rings. The lowest BCUT2D eigenvalue weighted by Crippen LogP contribution is -2.10. The highest BCUT2D eigenvalue weighted by atomic mass is 16.5. The standard InChI is InChI=1S/C14H14N2O3/c1-3-8-5-4-6-9-12-10(7-19-13(8)9)11(14(17)18)15-16(12)2/h4-6H,3,7H2,1-2H3,(H,17,18). The van der Waals surface area contributed by atoms with Crippen LogP contribution >= 0.6 is 0 Å². The average molecular weight is 258 g/mol. The summed E-state index contributed by atoms with van der Waals surface area (Å²) in [5.74, 6) is -0.173. The van der Waals surface area contributed by atoms with Gasteiger partial charge in [0.2, 0.25) is 0 Å². The summed E-state index contributed by atoms with van der Waals surface area (Å²) in [5, 5.41) is 13.3. The number of benzene rings is 1. The summed E-state index contributed by atoms with van der Waals surface area (Å²) in [5.41, 5.74) is 3.61. The first-order chi connectivity index (χ1) is 9.13. The van der Waals surface area contributed by atoms with Crippen molar-refractivity contribution in [1.82, 2.24) is 9.78 Å². The molecule has 1 aromatic carbocycles. The Kier molecular flexibility index (Phi) is 2.55. The van der Waals surface area contributed by atoms with Crippen molar-refractivity contribution in [3.05, 3.63) is 35.0 Å². The van der Waals surface area contributed by atoms with Gasteiger partial charge in [-0.3, -0.25) is 4.68 Å². The molecule has 5 nitrogen and oxygen atoms in total. The molecule has 1 aliphatic heterocycles. The number of ether oxygens (including phenoxy) is 1. The number of fused-ring (bicyclic) bond motifs is 3. The van der Waals surface area contributed by atoms with Gasteiger partial charge in [-0.05, 0) is 18.1 Å². The lowest BCUT2D eigenvalue weighted by Gasteiger charge is -2.21. The van der Waals surface area contributed by atoms with E-state index in [0.29, 0.717) is 5.56 Å². The number of hydrogen-bond acceptors (Lipinski definition) is 3. The van der Waals surface area contributed by atoms with Crippen molar-refractivity contribution in [2.45, 2.75) is 20.0 Å². The second kappa shape index (κ2) is 4.12. The lowest BCUT2D eigenvalue weighted by atomic mass is 9.98. The molecule has 0 bridgehead atoms. The third-order valence-corrected chi connectivity index (χ3v) is 3.44. The Bertz CT molecular complexity index is 674.